The summed E-state index contributed by atoms with van der Waals surface area (Å²) in [7, 11) is 1.58. The highest BCUT2D eigenvalue weighted by molar-refractivity contribution is 9.10. The van der Waals surface area contributed by atoms with Crippen LogP contribution in [0.4, 0.5) is 0 Å². The zero-order valence-corrected chi connectivity index (χ0v) is 12.4. The maximum Gasteiger partial charge on any atom is 0.269 e. The third-order valence-corrected chi connectivity index (χ3v) is 3.74. The van der Waals surface area contributed by atoms with E-state index in [-0.39, 0.29) is 5.56 Å². The summed E-state index contributed by atoms with van der Waals surface area (Å²) < 4.78 is 18.4. The van der Waals surface area contributed by atoms with Crippen LogP contribution in [0, 0.1) is 0 Å². The van der Waals surface area contributed by atoms with Gasteiger partial charge >= 0.3 is 0 Å². The number of nitrogens with zero attached hydrogens (tertiary/aromatic N) is 2. The number of halogens is 1. The fourth-order valence-corrected chi connectivity index (χ4v) is 2.70. The average Bonchev–Trinajstić information content (AvgIpc) is 2.94. The van der Waals surface area contributed by atoms with Crippen molar-refractivity contribution in [2.24, 2.45) is 0 Å². The van der Waals surface area contributed by atoms with Gasteiger partial charge in [-0.1, -0.05) is 0 Å². The van der Waals surface area contributed by atoms with Crippen LogP contribution in [-0.2, 0) is 16.0 Å². The molecule has 1 aromatic carbocycles. The summed E-state index contributed by atoms with van der Waals surface area (Å²) >= 11 is 3.44. The molecule has 0 amide bonds. The number of aromatic nitrogens is 2. The zero-order chi connectivity index (χ0) is 14.1. The van der Waals surface area contributed by atoms with Gasteiger partial charge in [0.2, 0.25) is 0 Å². The third kappa shape index (κ3) is 2.44. The molecule has 7 heteroatoms. The van der Waals surface area contributed by atoms with Crippen molar-refractivity contribution in [2.75, 3.05) is 20.3 Å². The molecule has 0 bridgehead atoms. The molecular weight excluding hydrogens is 328 g/mol. The second-order valence-corrected chi connectivity index (χ2v) is 5.21. The molecule has 0 N–H and O–H groups in total. The number of rotatable bonds is 3. The van der Waals surface area contributed by atoms with Crippen LogP contribution in [0.15, 0.2) is 27.6 Å². The summed E-state index contributed by atoms with van der Waals surface area (Å²) in [6.07, 6.45) is 0.900. The Labute approximate surface area is 123 Å². The number of benzene rings is 1. The molecule has 2 heterocycles. The van der Waals surface area contributed by atoms with Crippen LogP contribution in [0.5, 0.6) is 5.75 Å². The van der Waals surface area contributed by atoms with Crippen molar-refractivity contribution in [3.05, 3.63) is 33.2 Å². The van der Waals surface area contributed by atoms with Crippen molar-refractivity contribution in [3.63, 3.8) is 0 Å². The largest absolute Gasteiger partial charge is 0.497 e. The lowest BCUT2D eigenvalue weighted by molar-refractivity contribution is -0.0523. The number of ether oxygens (including phenoxy) is 3. The predicted octanol–water partition coefficient (Wildman–Crippen LogP) is 1.54. The molecule has 0 spiro atoms. The fourth-order valence-electron chi connectivity index (χ4n) is 2.17. The van der Waals surface area contributed by atoms with Gasteiger partial charge in [0, 0.05) is 10.5 Å². The maximum absolute atomic E-state index is 12.1. The summed E-state index contributed by atoms with van der Waals surface area (Å²) in [4.78, 5) is 16.2. The Bertz CT molecular complexity index is 695. The zero-order valence-electron chi connectivity index (χ0n) is 10.8. The van der Waals surface area contributed by atoms with Crippen molar-refractivity contribution < 1.29 is 14.2 Å². The van der Waals surface area contributed by atoms with Gasteiger partial charge in [0.1, 0.15) is 11.3 Å². The molecule has 0 atom stereocenters. The third-order valence-electron chi connectivity index (χ3n) is 3.14. The lowest BCUT2D eigenvalue weighted by Crippen LogP contribution is -2.27. The number of fused-ring (bicyclic) bond motifs is 1. The molecule has 1 fully saturated rings. The average molecular weight is 341 g/mol. The molecule has 1 aliphatic heterocycles. The van der Waals surface area contributed by atoms with E-state index in [1.807, 2.05) is 6.07 Å². The number of hydrogen-bond acceptors (Lipinski definition) is 5. The molecule has 0 unspecified atom stereocenters. The van der Waals surface area contributed by atoms with Gasteiger partial charge in [0.15, 0.2) is 6.29 Å². The van der Waals surface area contributed by atoms with E-state index in [1.165, 1.54) is 6.20 Å². The van der Waals surface area contributed by atoms with Gasteiger partial charge in [-0.3, -0.25) is 4.79 Å². The summed E-state index contributed by atoms with van der Waals surface area (Å²) in [6.45, 7) is 1.43. The minimum atomic E-state index is -0.400. The van der Waals surface area contributed by atoms with Crippen LogP contribution in [0.1, 0.15) is 0 Å². The first-order valence-electron chi connectivity index (χ1n) is 6.15. The topological polar surface area (TPSA) is 62.6 Å². The molecule has 106 valence electrons. The van der Waals surface area contributed by atoms with E-state index >= 15 is 0 Å². The maximum atomic E-state index is 12.1. The molecule has 0 radical (unpaired) electrons. The van der Waals surface area contributed by atoms with Gasteiger partial charge in [0.05, 0.1) is 38.6 Å². The van der Waals surface area contributed by atoms with Crippen molar-refractivity contribution in [3.8, 4) is 5.75 Å². The minimum absolute atomic E-state index is 0.197. The molecule has 0 saturated carbocycles. The van der Waals surface area contributed by atoms with Crippen LogP contribution in [0.25, 0.3) is 11.0 Å². The Hall–Kier alpha value is -1.44. The summed E-state index contributed by atoms with van der Waals surface area (Å²) in [5.41, 5.74) is 1.18. The van der Waals surface area contributed by atoms with Crippen LogP contribution in [0.2, 0.25) is 0 Å². The normalized spacial score (nSPS) is 15.9. The van der Waals surface area contributed by atoms with Crippen LogP contribution in [0.3, 0.4) is 0 Å². The second-order valence-electron chi connectivity index (χ2n) is 4.36. The highest BCUT2D eigenvalue weighted by Gasteiger charge is 2.19. The standard InChI is InChI=1S/C13H13BrN2O4/c1-18-8-4-9(14)13-10(5-8)16(11(17)6-15-13)7-12-19-2-3-20-12/h4-6,12H,2-3,7H2,1H3. The Morgan fingerprint density at radius 3 is 2.90 bits per heavy atom. The lowest BCUT2D eigenvalue weighted by atomic mass is 10.2. The fraction of sp³-hybridized carbons (Fsp3) is 0.385. The molecule has 20 heavy (non-hydrogen) atoms. The smallest absolute Gasteiger partial charge is 0.269 e. The highest BCUT2D eigenvalue weighted by atomic mass is 79.9. The van der Waals surface area contributed by atoms with Gasteiger partial charge in [0.25, 0.3) is 5.56 Å². The van der Waals surface area contributed by atoms with Crippen LogP contribution in [-0.4, -0.2) is 36.2 Å². The monoisotopic (exact) mass is 340 g/mol. The van der Waals surface area contributed by atoms with Crippen molar-refractivity contribution in [1.29, 1.82) is 0 Å². The van der Waals surface area contributed by atoms with Crippen molar-refractivity contribution >= 4 is 27.0 Å². The summed E-state index contributed by atoms with van der Waals surface area (Å²) in [5, 5.41) is 0. The van der Waals surface area contributed by atoms with Gasteiger partial charge in [-0.25, -0.2) is 4.98 Å². The van der Waals surface area contributed by atoms with E-state index in [0.29, 0.717) is 36.5 Å². The first-order valence-corrected chi connectivity index (χ1v) is 6.94. The van der Waals surface area contributed by atoms with Gasteiger partial charge < -0.3 is 18.8 Å². The Morgan fingerprint density at radius 1 is 1.45 bits per heavy atom. The van der Waals surface area contributed by atoms with Gasteiger partial charge in [-0.15, -0.1) is 0 Å². The first-order chi connectivity index (χ1) is 9.69. The molecule has 0 aliphatic carbocycles. The predicted molar refractivity (Wildman–Crippen MR) is 75.9 cm³/mol. The molecule has 3 rings (SSSR count). The Morgan fingerprint density at radius 2 is 2.20 bits per heavy atom. The molecule has 1 aromatic heterocycles. The Kier molecular flexibility index (Phi) is 3.73. The quantitative estimate of drug-likeness (QED) is 0.848. The van der Waals surface area contributed by atoms with Crippen molar-refractivity contribution in [2.45, 2.75) is 12.8 Å². The Balaban J connectivity index is 2.14. The first kappa shape index (κ1) is 13.5. The van der Waals surface area contributed by atoms with Crippen LogP contribution < -0.4 is 10.3 Å². The molecule has 6 nitrogen and oxygen atoms in total. The van der Waals surface area contributed by atoms with E-state index in [2.05, 4.69) is 20.9 Å². The van der Waals surface area contributed by atoms with Crippen LogP contribution >= 0.6 is 15.9 Å². The molecular formula is C13H13BrN2O4. The van der Waals surface area contributed by atoms with E-state index in [1.54, 1.807) is 17.7 Å². The van der Waals surface area contributed by atoms with Gasteiger partial charge in [-0.05, 0) is 22.0 Å². The van der Waals surface area contributed by atoms with Crippen molar-refractivity contribution in [1.82, 2.24) is 9.55 Å². The molecule has 2 aromatic rings. The molecule has 1 aliphatic rings. The summed E-state index contributed by atoms with van der Waals surface area (Å²) in [5.74, 6) is 0.652. The lowest BCUT2D eigenvalue weighted by Gasteiger charge is -2.14. The number of hydrogen-bond donors (Lipinski definition) is 0. The minimum Gasteiger partial charge on any atom is -0.497 e. The molecule has 1 saturated heterocycles. The van der Waals surface area contributed by atoms with E-state index in [9.17, 15) is 4.79 Å². The van der Waals surface area contributed by atoms with E-state index in [0.717, 1.165) is 4.47 Å². The van der Waals surface area contributed by atoms with Gasteiger partial charge in [-0.2, -0.15) is 0 Å². The SMILES string of the molecule is COc1cc(Br)c2ncc(=O)n(CC3OCCO3)c2c1. The van der Waals surface area contributed by atoms with E-state index in [4.69, 9.17) is 14.2 Å². The second kappa shape index (κ2) is 5.51. The van der Waals surface area contributed by atoms with E-state index < -0.39 is 6.29 Å². The number of methoxy groups -OCH3 is 1. The highest BCUT2D eigenvalue weighted by Crippen LogP contribution is 2.27. The summed E-state index contributed by atoms with van der Waals surface area (Å²) in [6, 6.07) is 3.59.